The molecule has 2 aliphatic heterocycles. The van der Waals surface area contributed by atoms with Gasteiger partial charge in [0.15, 0.2) is 5.82 Å². The van der Waals surface area contributed by atoms with Gasteiger partial charge in [0, 0.05) is 12.5 Å². The summed E-state index contributed by atoms with van der Waals surface area (Å²) in [5, 5.41) is 10.2. The lowest BCUT2D eigenvalue weighted by molar-refractivity contribution is -0.129. The Hall–Kier alpha value is -1.43. The normalized spacial score (nSPS) is 32.5. The lowest BCUT2D eigenvalue weighted by Crippen LogP contribution is -2.46. The van der Waals surface area contributed by atoms with Crippen LogP contribution in [-0.4, -0.2) is 35.7 Å². The van der Waals surface area contributed by atoms with E-state index >= 15 is 0 Å². The van der Waals surface area contributed by atoms with Crippen molar-refractivity contribution in [3.8, 4) is 0 Å². The molecule has 0 radical (unpaired) electrons. The summed E-state index contributed by atoms with van der Waals surface area (Å²) in [4.78, 5) is 16.3. The number of fused-ring (bicyclic) bond motifs is 1. The number of piperidine rings is 1. The van der Waals surface area contributed by atoms with E-state index in [4.69, 9.17) is 4.52 Å². The zero-order valence-electron chi connectivity index (χ0n) is 10.5. The number of aryl methyl sites for hydroxylation is 1. The molecule has 6 heteroatoms. The predicted molar refractivity (Wildman–Crippen MR) is 63.9 cm³/mol. The molecule has 0 aromatic carbocycles. The van der Waals surface area contributed by atoms with Gasteiger partial charge in [0.25, 0.3) is 0 Å². The molecule has 0 saturated carbocycles. The van der Waals surface area contributed by atoms with E-state index in [9.17, 15) is 4.79 Å². The Morgan fingerprint density at radius 3 is 2.89 bits per heavy atom. The molecule has 2 saturated heterocycles. The minimum Gasteiger partial charge on any atom is -0.355 e. The molecule has 98 valence electrons. The van der Waals surface area contributed by atoms with Gasteiger partial charge in [-0.2, -0.15) is 4.98 Å². The fourth-order valence-corrected chi connectivity index (χ4v) is 3.10. The molecule has 3 atom stereocenters. The van der Waals surface area contributed by atoms with Crippen LogP contribution in [0.15, 0.2) is 4.52 Å². The van der Waals surface area contributed by atoms with Gasteiger partial charge in [-0.05, 0) is 38.8 Å². The van der Waals surface area contributed by atoms with Crippen molar-refractivity contribution in [1.29, 1.82) is 0 Å². The molecule has 2 aliphatic rings. The van der Waals surface area contributed by atoms with Crippen LogP contribution in [-0.2, 0) is 4.79 Å². The summed E-state index contributed by atoms with van der Waals surface area (Å²) >= 11 is 0. The fraction of sp³-hybridized carbons (Fsp3) is 0.750. The van der Waals surface area contributed by atoms with Gasteiger partial charge in [0.2, 0.25) is 11.8 Å². The summed E-state index contributed by atoms with van der Waals surface area (Å²) in [5.41, 5.74) is 0. The Balaban J connectivity index is 1.87. The summed E-state index contributed by atoms with van der Waals surface area (Å²) in [6, 6.07) is 0. The maximum Gasteiger partial charge on any atom is 0.231 e. The van der Waals surface area contributed by atoms with Gasteiger partial charge in [-0.25, -0.2) is 0 Å². The Morgan fingerprint density at radius 2 is 2.11 bits per heavy atom. The first kappa shape index (κ1) is 11.6. The Labute approximate surface area is 106 Å². The predicted octanol–water partition coefficient (Wildman–Crippen LogP) is 0.207. The van der Waals surface area contributed by atoms with E-state index in [1.165, 1.54) is 0 Å². The Morgan fingerprint density at radius 1 is 1.28 bits per heavy atom. The molecular weight excluding hydrogens is 232 g/mol. The summed E-state index contributed by atoms with van der Waals surface area (Å²) in [6.45, 7) is 4.30. The highest BCUT2D eigenvalue weighted by Gasteiger charge is 2.41. The second-order valence-electron chi connectivity index (χ2n) is 5.13. The molecule has 1 aromatic heterocycles. The molecule has 0 aliphatic carbocycles. The summed E-state index contributed by atoms with van der Waals surface area (Å²) in [6.07, 6.45) is 1.88. The molecular formula is C12H18N4O2. The van der Waals surface area contributed by atoms with Crippen molar-refractivity contribution in [2.24, 2.45) is 11.8 Å². The first-order chi connectivity index (χ1) is 8.75. The quantitative estimate of drug-likeness (QED) is 0.744. The molecule has 18 heavy (non-hydrogen) atoms. The Kier molecular flexibility index (Phi) is 3.03. The third-order valence-electron chi connectivity index (χ3n) is 4.01. The van der Waals surface area contributed by atoms with Gasteiger partial charge in [-0.3, -0.25) is 4.79 Å². The van der Waals surface area contributed by atoms with Crippen molar-refractivity contribution in [2.45, 2.75) is 25.7 Å². The van der Waals surface area contributed by atoms with Crippen LogP contribution >= 0.6 is 0 Å². The van der Waals surface area contributed by atoms with Crippen LogP contribution in [0, 0.1) is 18.8 Å². The number of hydrogen-bond acceptors (Lipinski definition) is 5. The maximum absolute atomic E-state index is 12.0. The number of nitrogens with zero attached hydrogens (tertiary/aromatic N) is 2. The fourth-order valence-electron chi connectivity index (χ4n) is 3.10. The molecule has 3 heterocycles. The second-order valence-corrected chi connectivity index (χ2v) is 5.13. The first-order valence-electron chi connectivity index (χ1n) is 6.54. The van der Waals surface area contributed by atoms with Gasteiger partial charge in [0.1, 0.15) is 0 Å². The molecule has 1 aromatic rings. The van der Waals surface area contributed by atoms with Crippen molar-refractivity contribution in [3.63, 3.8) is 0 Å². The van der Waals surface area contributed by atoms with E-state index in [1.807, 2.05) is 6.92 Å². The number of rotatable bonds is 1. The minimum absolute atomic E-state index is 0.0750. The van der Waals surface area contributed by atoms with Crippen LogP contribution in [0.3, 0.4) is 0 Å². The van der Waals surface area contributed by atoms with E-state index in [-0.39, 0.29) is 17.7 Å². The van der Waals surface area contributed by atoms with E-state index in [1.54, 1.807) is 0 Å². The highest BCUT2D eigenvalue weighted by Crippen LogP contribution is 2.37. The van der Waals surface area contributed by atoms with Crippen LogP contribution in [0.25, 0.3) is 0 Å². The largest absolute Gasteiger partial charge is 0.355 e. The highest BCUT2D eigenvalue weighted by molar-refractivity contribution is 5.80. The SMILES string of the molecule is Cc1noc([C@H]2CNC(=O)[C@H]3CCNCC[C@H]32)n1. The number of carbonyl (C=O) groups is 1. The number of hydrogen-bond donors (Lipinski definition) is 2. The molecule has 1 amide bonds. The van der Waals surface area contributed by atoms with Crippen LogP contribution in [0.5, 0.6) is 0 Å². The van der Waals surface area contributed by atoms with Crippen molar-refractivity contribution in [1.82, 2.24) is 20.8 Å². The highest BCUT2D eigenvalue weighted by atomic mass is 16.5. The molecule has 0 bridgehead atoms. The summed E-state index contributed by atoms with van der Waals surface area (Å²) < 4.78 is 5.30. The average Bonchev–Trinajstić information content (AvgIpc) is 2.64. The van der Waals surface area contributed by atoms with Crippen molar-refractivity contribution in [3.05, 3.63) is 11.7 Å². The lowest BCUT2D eigenvalue weighted by atomic mass is 9.75. The van der Waals surface area contributed by atoms with Crippen molar-refractivity contribution in [2.75, 3.05) is 19.6 Å². The van der Waals surface area contributed by atoms with Crippen molar-refractivity contribution >= 4 is 5.91 Å². The van der Waals surface area contributed by atoms with Gasteiger partial charge < -0.3 is 15.2 Å². The smallest absolute Gasteiger partial charge is 0.231 e. The molecule has 0 spiro atoms. The van der Waals surface area contributed by atoms with Crippen LogP contribution in [0.2, 0.25) is 0 Å². The van der Waals surface area contributed by atoms with Crippen LogP contribution in [0.1, 0.15) is 30.5 Å². The lowest BCUT2D eigenvalue weighted by Gasteiger charge is -2.34. The monoisotopic (exact) mass is 250 g/mol. The standard InChI is InChI=1S/C12H18N4O2/c1-7-15-12(18-16-7)10-6-14-11(17)9-3-5-13-4-2-8(9)10/h8-10,13H,2-6H2,1H3,(H,14,17)/t8-,9+,10+/m1/s1. The van der Waals surface area contributed by atoms with Gasteiger partial charge >= 0.3 is 0 Å². The minimum atomic E-state index is 0.0750. The van der Waals surface area contributed by atoms with Crippen LogP contribution in [0.4, 0.5) is 0 Å². The molecule has 2 N–H and O–H groups in total. The molecule has 6 nitrogen and oxygen atoms in total. The number of nitrogens with one attached hydrogen (secondary N) is 2. The third kappa shape index (κ3) is 2.01. The van der Waals surface area contributed by atoms with Gasteiger partial charge in [-0.15, -0.1) is 0 Å². The van der Waals surface area contributed by atoms with Gasteiger partial charge in [0.05, 0.1) is 5.92 Å². The summed E-state index contributed by atoms with van der Waals surface area (Å²) in [7, 11) is 0. The van der Waals surface area contributed by atoms with E-state index in [0.717, 1.165) is 25.9 Å². The third-order valence-corrected chi connectivity index (χ3v) is 4.01. The topological polar surface area (TPSA) is 80.0 Å². The molecule has 0 unspecified atom stereocenters. The number of aromatic nitrogens is 2. The molecule has 3 rings (SSSR count). The summed E-state index contributed by atoms with van der Waals surface area (Å²) in [5.74, 6) is 2.05. The van der Waals surface area contributed by atoms with E-state index < -0.39 is 0 Å². The first-order valence-corrected chi connectivity index (χ1v) is 6.54. The number of carbonyl (C=O) groups excluding carboxylic acids is 1. The van der Waals surface area contributed by atoms with E-state index in [2.05, 4.69) is 20.8 Å². The molecule has 2 fully saturated rings. The number of amides is 1. The maximum atomic E-state index is 12.0. The zero-order chi connectivity index (χ0) is 12.5. The van der Waals surface area contributed by atoms with Crippen LogP contribution < -0.4 is 10.6 Å². The van der Waals surface area contributed by atoms with E-state index in [0.29, 0.717) is 24.2 Å². The Bertz CT molecular complexity index is 445. The average molecular weight is 250 g/mol. The van der Waals surface area contributed by atoms with Crippen molar-refractivity contribution < 1.29 is 9.32 Å². The second kappa shape index (κ2) is 4.68. The van der Waals surface area contributed by atoms with Gasteiger partial charge in [-0.1, -0.05) is 5.16 Å². The zero-order valence-corrected chi connectivity index (χ0v) is 10.5.